The summed E-state index contributed by atoms with van der Waals surface area (Å²) >= 11 is 2.51. The number of hydrogen-bond acceptors (Lipinski definition) is 7. The first-order valence-corrected chi connectivity index (χ1v) is 11.7. The number of nitrogens with one attached hydrogen (secondary N) is 1. The number of aryl methyl sites for hydroxylation is 2. The molecule has 3 heterocycles. The van der Waals surface area contributed by atoms with Gasteiger partial charge in [-0.1, -0.05) is 12.1 Å². The first-order chi connectivity index (χ1) is 15.5. The van der Waals surface area contributed by atoms with E-state index in [0.717, 1.165) is 40.7 Å². The molecule has 9 heteroatoms. The van der Waals surface area contributed by atoms with E-state index in [1.165, 1.54) is 28.2 Å². The van der Waals surface area contributed by atoms with Crippen molar-refractivity contribution in [3.63, 3.8) is 0 Å². The van der Waals surface area contributed by atoms with Crippen LogP contribution >= 0.6 is 22.7 Å². The molecule has 32 heavy (non-hydrogen) atoms. The van der Waals surface area contributed by atoms with Crippen LogP contribution in [0.4, 0.5) is 10.7 Å². The zero-order chi connectivity index (χ0) is 22.4. The molecular formula is C23H20N4O3S2. The maximum absolute atomic E-state index is 13.1. The number of nitrogens with two attached hydrogens (primary N) is 2. The van der Waals surface area contributed by atoms with Gasteiger partial charge in [-0.3, -0.25) is 9.59 Å². The first-order valence-electron chi connectivity index (χ1n) is 10.0. The third-order valence-corrected chi connectivity index (χ3v) is 7.63. The van der Waals surface area contributed by atoms with Gasteiger partial charge in [-0.05, 0) is 48.6 Å². The summed E-state index contributed by atoms with van der Waals surface area (Å²) in [6.07, 6.45) is 3.04. The summed E-state index contributed by atoms with van der Waals surface area (Å²) < 4.78 is 5.19. The number of thiophene rings is 2. The summed E-state index contributed by atoms with van der Waals surface area (Å²) in [6.45, 7) is 0. The third-order valence-electron chi connectivity index (χ3n) is 5.62. The highest BCUT2D eigenvalue weighted by atomic mass is 32.1. The number of carbonyl (C=O) groups is 2. The molecule has 5 rings (SSSR count). The molecule has 0 spiro atoms. The standard InChI is InChI=1S/C23H20N4O3S2/c1-30-13-7-5-11(6-8-13)15-10-31-23(17(15)20(25)28)27-21(29)19-18(24)14-9-12-3-2-4-16(12)26-22(14)32-19/h5-10H,2-4,24H2,1H3,(H2,25,28)(H,27,29). The minimum Gasteiger partial charge on any atom is -0.497 e. The molecule has 0 aliphatic heterocycles. The Bertz CT molecular complexity index is 1370. The molecule has 0 saturated heterocycles. The van der Waals surface area contributed by atoms with Gasteiger partial charge < -0.3 is 21.5 Å². The van der Waals surface area contributed by atoms with Gasteiger partial charge in [-0.15, -0.1) is 22.7 Å². The van der Waals surface area contributed by atoms with Gasteiger partial charge in [0.2, 0.25) is 0 Å². The van der Waals surface area contributed by atoms with Crippen molar-refractivity contribution >= 4 is 55.4 Å². The molecule has 162 valence electrons. The molecule has 0 saturated carbocycles. The highest BCUT2D eigenvalue weighted by molar-refractivity contribution is 7.21. The average molecular weight is 465 g/mol. The predicted molar refractivity (Wildman–Crippen MR) is 129 cm³/mol. The number of methoxy groups -OCH3 is 1. The highest BCUT2D eigenvalue weighted by Gasteiger charge is 2.24. The van der Waals surface area contributed by atoms with Crippen LogP contribution < -0.4 is 21.5 Å². The van der Waals surface area contributed by atoms with Crippen LogP contribution in [0.3, 0.4) is 0 Å². The van der Waals surface area contributed by atoms with Gasteiger partial charge in [0.1, 0.15) is 20.5 Å². The molecule has 1 aliphatic carbocycles. The van der Waals surface area contributed by atoms with Crippen LogP contribution in [0.2, 0.25) is 0 Å². The molecule has 0 fully saturated rings. The SMILES string of the molecule is COc1ccc(-c2csc(NC(=O)c3sc4nc5c(cc4c3N)CCC5)c2C(N)=O)cc1. The number of anilines is 2. The second-order valence-electron chi connectivity index (χ2n) is 7.55. The van der Waals surface area contributed by atoms with E-state index in [-0.39, 0.29) is 11.5 Å². The number of aromatic nitrogens is 1. The number of ether oxygens (including phenoxy) is 1. The molecule has 1 aromatic carbocycles. The lowest BCUT2D eigenvalue weighted by Gasteiger charge is -2.07. The van der Waals surface area contributed by atoms with Crippen molar-refractivity contribution in [3.8, 4) is 16.9 Å². The fourth-order valence-electron chi connectivity index (χ4n) is 4.00. The van der Waals surface area contributed by atoms with Crippen molar-refractivity contribution < 1.29 is 14.3 Å². The number of benzene rings is 1. The van der Waals surface area contributed by atoms with Crippen LogP contribution in [0.25, 0.3) is 21.3 Å². The third kappa shape index (κ3) is 3.39. The summed E-state index contributed by atoms with van der Waals surface area (Å²) in [6, 6.07) is 9.34. The van der Waals surface area contributed by atoms with Gasteiger partial charge in [0, 0.05) is 22.0 Å². The number of pyridine rings is 1. The Morgan fingerprint density at radius 1 is 1.19 bits per heavy atom. The van der Waals surface area contributed by atoms with E-state index in [4.69, 9.17) is 21.2 Å². The number of nitrogens with zero attached hydrogens (tertiary/aromatic N) is 1. The molecule has 0 unspecified atom stereocenters. The number of fused-ring (bicyclic) bond motifs is 2. The van der Waals surface area contributed by atoms with Crippen LogP contribution in [0.5, 0.6) is 5.75 Å². The van der Waals surface area contributed by atoms with Crippen molar-refractivity contribution in [2.24, 2.45) is 5.73 Å². The van der Waals surface area contributed by atoms with E-state index in [1.54, 1.807) is 24.6 Å². The van der Waals surface area contributed by atoms with Gasteiger partial charge in [-0.2, -0.15) is 0 Å². The molecule has 7 nitrogen and oxygen atoms in total. The lowest BCUT2D eigenvalue weighted by Crippen LogP contribution is -2.17. The molecular weight excluding hydrogens is 444 g/mol. The summed E-state index contributed by atoms with van der Waals surface area (Å²) in [5, 5.41) is 5.84. The van der Waals surface area contributed by atoms with Crippen molar-refractivity contribution in [1.29, 1.82) is 0 Å². The fourth-order valence-corrected chi connectivity index (χ4v) is 5.97. The van der Waals surface area contributed by atoms with E-state index in [1.807, 2.05) is 12.1 Å². The molecule has 2 amide bonds. The zero-order valence-corrected chi connectivity index (χ0v) is 18.9. The van der Waals surface area contributed by atoms with E-state index >= 15 is 0 Å². The maximum atomic E-state index is 13.1. The Labute approximate surface area is 192 Å². The normalized spacial score (nSPS) is 12.7. The summed E-state index contributed by atoms with van der Waals surface area (Å²) in [4.78, 5) is 31.2. The lowest BCUT2D eigenvalue weighted by atomic mass is 10.0. The van der Waals surface area contributed by atoms with Crippen molar-refractivity contribution in [1.82, 2.24) is 4.98 Å². The van der Waals surface area contributed by atoms with Gasteiger partial charge in [0.05, 0.1) is 18.4 Å². The van der Waals surface area contributed by atoms with Crippen LogP contribution in [-0.2, 0) is 12.8 Å². The topological polar surface area (TPSA) is 120 Å². The Hall–Kier alpha value is -3.43. The Morgan fingerprint density at radius 3 is 2.69 bits per heavy atom. The van der Waals surface area contributed by atoms with Gasteiger partial charge in [0.15, 0.2) is 0 Å². The lowest BCUT2D eigenvalue weighted by molar-refractivity contribution is 0.100. The summed E-state index contributed by atoms with van der Waals surface area (Å²) in [5.74, 6) is -0.288. The van der Waals surface area contributed by atoms with Crippen molar-refractivity contribution in [2.75, 3.05) is 18.2 Å². The van der Waals surface area contributed by atoms with E-state index in [9.17, 15) is 9.59 Å². The molecule has 1 aliphatic rings. The smallest absolute Gasteiger partial charge is 0.268 e. The van der Waals surface area contributed by atoms with E-state index in [0.29, 0.717) is 26.9 Å². The zero-order valence-electron chi connectivity index (χ0n) is 17.2. The Balaban J connectivity index is 1.48. The van der Waals surface area contributed by atoms with E-state index in [2.05, 4.69) is 11.4 Å². The molecule has 0 bridgehead atoms. The van der Waals surface area contributed by atoms with Gasteiger partial charge in [-0.25, -0.2) is 4.98 Å². The summed E-state index contributed by atoms with van der Waals surface area (Å²) in [5.41, 5.74) is 16.4. The Morgan fingerprint density at radius 2 is 1.97 bits per heavy atom. The number of primary amides is 1. The van der Waals surface area contributed by atoms with E-state index < -0.39 is 5.91 Å². The molecule has 0 atom stereocenters. The predicted octanol–water partition coefficient (Wildman–Crippen LogP) is 4.46. The number of amides is 2. The van der Waals surface area contributed by atoms with Crippen LogP contribution in [0, 0.1) is 0 Å². The molecule has 0 radical (unpaired) electrons. The quantitative estimate of drug-likeness (QED) is 0.403. The fraction of sp³-hybridized carbons (Fsp3) is 0.174. The van der Waals surface area contributed by atoms with Crippen LogP contribution in [-0.4, -0.2) is 23.9 Å². The molecule has 4 aromatic rings. The minimum absolute atomic E-state index is 0.269. The average Bonchev–Trinajstić information content (AvgIpc) is 3.49. The van der Waals surface area contributed by atoms with Gasteiger partial charge >= 0.3 is 0 Å². The maximum Gasteiger partial charge on any atom is 0.268 e. The monoisotopic (exact) mass is 464 g/mol. The number of carbonyl (C=O) groups excluding carboxylic acids is 2. The second kappa shape index (κ2) is 7.92. The highest BCUT2D eigenvalue weighted by Crippen LogP contribution is 2.39. The molecule has 5 N–H and O–H groups in total. The first kappa shape index (κ1) is 20.5. The van der Waals surface area contributed by atoms with Gasteiger partial charge in [0.25, 0.3) is 11.8 Å². The van der Waals surface area contributed by atoms with Crippen molar-refractivity contribution in [2.45, 2.75) is 19.3 Å². The minimum atomic E-state index is -0.616. The largest absolute Gasteiger partial charge is 0.497 e. The van der Waals surface area contributed by atoms with Crippen LogP contribution in [0.1, 0.15) is 37.7 Å². The molecule has 3 aromatic heterocycles. The number of nitrogen functional groups attached to an aromatic ring is 1. The van der Waals surface area contributed by atoms with Crippen molar-refractivity contribution in [3.05, 3.63) is 57.4 Å². The number of rotatable bonds is 5. The second-order valence-corrected chi connectivity index (χ2v) is 9.42. The van der Waals surface area contributed by atoms with Crippen LogP contribution in [0.15, 0.2) is 35.7 Å². The number of hydrogen-bond donors (Lipinski definition) is 3. The summed E-state index contributed by atoms with van der Waals surface area (Å²) in [7, 11) is 1.59. The Kier molecular flexibility index (Phi) is 5.07.